The van der Waals surface area contributed by atoms with Gasteiger partial charge in [0, 0.05) is 6.54 Å². The van der Waals surface area contributed by atoms with E-state index in [-0.39, 0.29) is 12.4 Å². The zero-order valence-corrected chi connectivity index (χ0v) is 13.8. The predicted octanol–water partition coefficient (Wildman–Crippen LogP) is 5.04. The van der Waals surface area contributed by atoms with E-state index in [1.54, 1.807) is 18.2 Å². The first-order valence-electron chi connectivity index (χ1n) is 6.57. The summed E-state index contributed by atoms with van der Waals surface area (Å²) < 4.78 is 19.1. The quantitative estimate of drug-likeness (QED) is 0.770. The maximum Gasteiger partial charge on any atom is 0.137 e. The molecule has 0 atom stereocenters. The minimum Gasteiger partial charge on any atom is -0.487 e. The van der Waals surface area contributed by atoms with Crippen molar-refractivity contribution in [2.24, 2.45) is 0 Å². The zero-order valence-electron chi connectivity index (χ0n) is 11.5. The molecule has 0 spiro atoms. The van der Waals surface area contributed by atoms with E-state index in [1.165, 1.54) is 6.07 Å². The lowest BCUT2D eigenvalue weighted by atomic mass is 10.3. The Balaban J connectivity index is 2.06. The van der Waals surface area contributed by atoms with Gasteiger partial charge < -0.3 is 10.1 Å². The normalized spacial score (nSPS) is 10.5. The molecule has 0 fully saturated rings. The van der Waals surface area contributed by atoms with Crippen molar-refractivity contribution in [2.45, 2.75) is 20.0 Å². The van der Waals surface area contributed by atoms with Crippen LogP contribution in [0.5, 0.6) is 5.75 Å². The molecular weight excluding hydrogens is 359 g/mol. The van der Waals surface area contributed by atoms with E-state index in [0.717, 1.165) is 18.8 Å². The van der Waals surface area contributed by atoms with E-state index >= 15 is 0 Å². The van der Waals surface area contributed by atoms with Crippen molar-refractivity contribution in [1.82, 2.24) is 4.98 Å². The summed E-state index contributed by atoms with van der Waals surface area (Å²) in [5.41, 5.74) is 0.637. The molecule has 0 bridgehead atoms. The van der Waals surface area contributed by atoms with Crippen LogP contribution in [0.15, 0.2) is 34.8 Å². The summed E-state index contributed by atoms with van der Waals surface area (Å²) in [7, 11) is 0. The highest BCUT2D eigenvalue weighted by Gasteiger charge is 2.07. The first kappa shape index (κ1) is 16.0. The average Bonchev–Trinajstić information content (AvgIpc) is 2.48. The van der Waals surface area contributed by atoms with Gasteiger partial charge in [-0.3, -0.25) is 0 Å². The van der Waals surface area contributed by atoms with Crippen molar-refractivity contribution >= 4 is 33.3 Å². The molecule has 2 rings (SSSR count). The van der Waals surface area contributed by atoms with Crippen LogP contribution in [0.3, 0.4) is 0 Å². The largest absolute Gasteiger partial charge is 0.487 e. The molecule has 112 valence electrons. The van der Waals surface area contributed by atoms with E-state index in [4.69, 9.17) is 16.3 Å². The molecule has 0 unspecified atom stereocenters. The standard InChI is InChI=1S/C15H15BrClFN2O/c1-2-7-19-15-6-4-12(17)14(20-15)9-21-10-3-5-13(18)11(16)8-10/h3-6,8H,2,7,9H2,1H3,(H,19,20). The molecule has 21 heavy (non-hydrogen) atoms. The molecule has 0 saturated heterocycles. The van der Waals surface area contributed by atoms with Crippen molar-refractivity contribution in [2.75, 3.05) is 11.9 Å². The van der Waals surface area contributed by atoms with Gasteiger partial charge in [-0.05, 0) is 52.7 Å². The van der Waals surface area contributed by atoms with Gasteiger partial charge in [-0.25, -0.2) is 9.37 Å². The number of halogens is 3. The number of rotatable bonds is 6. The molecule has 1 N–H and O–H groups in total. The van der Waals surface area contributed by atoms with Crippen LogP contribution in [-0.2, 0) is 6.61 Å². The molecule has 0 aliphatic carbocycles. The van der Waals surface area contributed by atoms with E-state index in [9.17, 15) is 4.39 Å². The van der Waals surface area contributed by atoms with Crippen molar-refractivity contribution in [3.8, 4) is 5.75 Å². The van der Waals surface area contributed by atoms with E-state index < -0.39 is 0 Å². The third-order valence-corrected chi connectivity index (χ3v) is 3.69. The van der Waals surface area contributed by atoms with Gasteiger partial charge in [-0.2, -0.15) is 0 Å². The predicted molar refractivity (Wildman–Crippen MR) is 86.5 cm³/mol. The molecule has 3 nitrogen and oxygen atoms in total. The van der Waals surface area contributed by atoms with Crippen LogP contribution in [-0.4, -0.2) is 11.5 Å². The molecule has 1 aromatic heterocycles. The fourth-order valence-corrected chi connectivity index (χ4v) is 2.17. The fraction of sp³-hybridized carbons (Fsp3) is 0.267. The number of anilines is 1. The number of hydrogen-bond donors (Lipinski definition) is 1. The van der Waals surface area contributed by atoms with Gasteiger partial charge in [0.05, 0.1) is 15.2 Å². The number of nitrogens with zero attached hydrogens (tertiary/aromatic N) is 1. The monoisotopic (exact) mass is 372 g/mol. The first-order valence-corrected chi connectivity index (χ1v) is 7.74. The van der Waals surface area contributed by atoms with Crippen molar-refractivity contribution in [3.63, 3.8) is 0 Å². The molecule has 2 aromatic rings. The maximum atomic E-state index is 13.2. The second kappa shape index (κ2) is 7.61. The average molecular weight is 374 g/mol. The molecule has 0 aliphatic rings. The number of nitrogens with one attached hydrogen (secondary N) is 1. The highest BCUT2D eigenvalue weighted by Crippen LogP contribution is 2.24. The Morgan fingerprint density at radius 3 is 2.86 bits per heavy atom. The third-order valence-electron chi connectivity index (χ3n) is 2.74. The van der Waals surface area contributed by atoms with E-state index in [2.05, 4.69) is 33.2 Å². The van der Waals surface area contributed by atoms with Gasteiger partial charge in [0.15, 0.2) is 0 Å². The van der Waals surface area contributed by atoms with Crippen LogP contribution in [0, 0.1) is 5.82 Å². The number of aromatic nitrogens is 1. The Kier molecular flexibility index (Phi) is 5.82. The first-order chi connectivity index (χ1) is 10.1. The highest BCUT2D eigenvalue weighted by molar-refractivity contribution is 9.10. The van der Waals surface area contributed by atoms with Crippen LogP contribution >= 0.6 is 27.5 Å². The Bertz CT molecular complexity index is 625. The summed E-state index contributed by atoms with van der Waals surface area (Å²) >= 11 is 9.23. The van der Waals surface area contributed by atoms with Crippen LogP contribution in [0.1, 0.15) is 19.0 Å². The summed E-state index contributed by atoms with van der Waals surface area (Å²) in [6.07, 6.45) is 1.01. The lowest BCUT2D eigenvalue weighted by Crippen LogP contribution is -2.05. The Morgan fingerprint density at radius 2 is 2.14 bits per heavy atom. The van der Waals surface area contributed by atoms with E-state index in [1.807, 2.05) is 6.07 Å². The molecule has 1 aromatic carbocycles. The van der Waals surface area contributed by atoms with Gasteiger partial charge in [0.1, 0.15) is 24.0 Å². The summed E-state index contributed by atoms with van der Waals surface area (Å²) in [6.45, 7) is 3.15. The van der Waals surface area contributed by atoms with Crippen LogP contribution in [0.25, 0.3) is 0 Å². The fourth-order valence-electron chi connectivity index (χ4n) is 1.66. The van der Waals surface area contributed by atoms with Gasteiger partial charge in [0.2, 0.25) is 0 Å². The summed E-state index contributed by atoms with van der Waals surface area (Å²) in [4.78, 5) is 4.41. The van der Waals surface area contributed by atoms with Crippen molar-refractivity contribution in [3.05, 3.63) is 51.3 Å². The molecule has 1 heterocycles. The van der Waals surface area contributed by atoms with Crippen molar-refractivity contribution < 1.29 is 9.13 Å². The summed E-state index contributed by atoms with van der Waals surface area (Å²) in [5, 5.41) is 3.73. The van der Waals surface area contributed by atoms with Crippen LogP contribution < -0.4 is 10.1 Å². The molecule has 0 radical (unpaired) electrons. The van der Waals surface area contributed by atoms with Gasteiger partial charge in [-0.15, -0.1) is 0 Å². The third kappa shape index (κ3) is 4.58. The highest BCUT2D eigenvalue weighted by atomic mass is 79.9. The lowest BCUT2D eigenvalue weighted by Gasteiger charge is -2.10. The minimum absolute atomic E-state index is 0.221. The Morgan fingerprint density at radius 1 is 1.33 bits per heavy atom. The maximum absolute atomic E-state index is 13.2. The molecule has 0 saturated carbocycles. The van der Waals surface area contributed by atoms with Crippen molar-refractivity contribution in [1.29, 1.82) is 0 Å². The lowest BCUT2D eigenvalue weighted by molar-refractivity contribution is 0.301. The van der Waals surface area contributed by atoms with Gasteiger partial charge >= 0.3 is 0 Å². The zero-order chi connectivity index (χ0) is 15.2. The minimum atomic E-state index is -0.329. The molecular formula is C15H15BrClFN2O. The Labute approximate surface area is 136 Å². The molecule has 0 amide bonds. The second-order valence-electron chi connectivity index (χ2n) is 4.42. The number of pyridine rings is 1. The summed E-state index contributed by atoms with van der Waals surface area (Å²) in [6, 6.07) is 8.09. The van der Waals surface area contributed by atoms with Gasteiger partial charge in [0.25, 0.3) is 0 Å². The number of hydrogen-bond acceptors (Lipinski definition) is 3. The van der Waals surface area contributed by atoms with E-state index in [0.29, 0.717) is 20.9 Å². The summed E-state index contributed by atoms with van der Waals surface area (Å²) in [5.74, 6) is 0.984. The molecule has 6 heteroatoms. The van der Waals surface area contributed by atoms with Crippen LogP contribution in [0.2, 0.25) is 5.02 Å². The smallest absolute Gasteiger partial charge is 0.137 e. The molecule has 0 aliphatic heterocycles. The van der Waals surface area contributed by atoms with Gasteiger partial charge in [-0.1, -0.05) is 18.5 Å². The number of ether oxygens (including phenoxy) is 1. The second-order valence-corrected chi connectivity index (χ2v) is 5.68. The SMILES string of the molecule is CCCNc1ccc(Cl)c(COc2ccc(F)c(Br)c2)n1. The number of benzene rings is 1. The topological polar surface area (TPSA) is 34.1 Å². The van der Waals surface area contributed by atoms with Crippen LogP contribution in [0.4, 0.5) is 10.2 Å². The Hall–Kier alpha value is -1.33.